The van der Waals surface area contributed by atoms with E-state index in [2.05, 4.69) is 68.1 Å². The van der Waals surface area contributed by atoms with Gasteiger partial charge in [-0.05, 0) is 55.1 Å². The maximum absolute atomic E-state index is 8.72. The Kier molecular flexibility index (Phi) is 7.65. The molecular weight excluding hydrogens is 310 g/mol. The molecule has 0 atom stereocenters. The van der Waals surface area contributed by atoms with E-state index in [-0.39, 0.29) is 0 Å². The van der Waals surface area contributed by atoms with Crippen molar-refractivity contribution in [2.45, 2.75) is 38.4 Å². The number of aryl methyl sites for hydroxylation is 3. The van der Waals surface area contributed by atoms with Crippen LogP contribution in [0.4, 0.5) is 0 Å². The third kappa shape index (κ3) is 6.26. The number of hydrogen-bond donors (Lipinski definition) is 0. The van der Waals surface area contributed by atoms with Crippen LogP contribution in [0.2, 0.25) is 0 Å². The Morgan fingerprint density at radius 1 is 1.08 bits per heavy atom. The molecule has 0 heterocycles. The predicted molar refractivity (Wildman–Crippen MR) is 105 cm³/mol. The Bertz CT molecular complexity index is 712. The molecule has 0 aliphatic heterocycles. The molecule has 124 valence electrons. The summed E-state index contributed by atoms with van der Waals surface area (Å²) in [5, 5.41) is 8.72. The first-order valence-corrected chi connectivity index (χ1v) is 9.62. The van der Waals surface area contributed by atoms with Gasteiger partial charge in [0.05, 0.1) is 6.07 Å². The van der Waals surface area contributed by atoms with Crippen LogP contribution in [0, 0.1) is 18.3 Å². The lowest BCUT2D eigenvalue weighted by Crippen LogP contribution is -1.97. The van der Waals surface area contributed by atoms with E-state index in [4.69, 9.17) is 5.26 Å². The van der Waals surface area contributed by atoms with Gasteiger partial charge in [-0.25, -0.2) is 0 Å². The van der Waals surface area contributed by atoms with Crippen LogP contribution in [-0.2, 0) is 18.6 Å². The first-order chi connectivity index (χ1) is 11.7. The van der Waals surface area contributed by atoms with Crippen molar-refractivity contribution in [3.8, 4) is 6.07 Å². The molecule has 0 amide bonds. The molecule has 2 aromatic carbocycles. The third-order valence-electron chi connectivity index (χ3n) is 4.07. The number of allylic oxidation sites excluding steroid dienone is 1. The van der Waals surface area contributed by atoms with Gasteiger partial charge in [0.25, 0.3) is 0 Å². The van der Waals surface area contributed by atoms with Gasteiger partial charge in [-0.2, -0.15) is 17.0 Å². The largest absolute Gasteiger partial charge is 0.193 e. The van der Waals surface area contributed by atoms with Crippen LogP contribution in [0.3, 0.4) is 0 Å². The van der Waals surface area contributed by atoms with Crippen molar-refractivity contribution in [2.75, 3.05) is 5.75 Å². The fourth-order valence-corrected chi connectivity index (χ4v) is 3.71. The van der Waals surface area contributed by atoms with E-state index in [1.807, 2.05) is 11.8 Å². The van der Waals surface area contributed by atoms with E-state index >= 15 is 0 Å². The molecule has 0 aliphatic rings. The van der Waals surface area contributed by atoms with Crippen molar-refractivity contribution in [2.24, 2.45) is 0 Å². The van der Waals surface area contributed by atoms with Gasteiger partial charge in [-0.15, -0.1) is 0 Å². The number of thioether (sulfide) groups is 1. The van der Waals surface area contributed by atoms with Crippen LogP contribution in [0.5, 0.6) is 0 Å². The van der Waals surface area contributed by atoms with E-state index in [0.717, 1.165) is 37.2 Å². The monoisotopic (exact) mass is 335 g/mol. The summed E-state index contributed by atoms with van der Waals surface area (Å²) in [4.78, 5) is 0. The fraction of sp³-hybridized carbons (Fsp3) is 0.318. The number of benzene rings is 2. The van der Waals surface area contributed by atoms with Gasteiger partial charge in [0.1, 0.15) is 0 Å². The summed E-state index contributed by atoms with van der Waals surface area (Å²) in [7, 11) is 0. The highest BCUT2D eigenvalue weighted by molar-refractivity contribution is 7.98. The standard InChI is InChI=1S/C22H25NS/c1-18-7-5-9-20(15-18)12-13-21-10-3-4-11-22(21)17-24-14-6-8-19(2)16-23/h3-5,7,9-11,15H,2,6,8,12-14,17H2,1H3. The van der Waals surface area contributed by atoms with Crippen molar-refractivity contribution < 1.29 is 0 Å². The molecule has 2 rings (SSSR count). The lowest BCUT2D eigenvalue weighted by atomic mass is 10.00. The Balaban J connectivity index is 1.83. The molecule has 0 saturated carbocycles. The quantitative estimate of drug-likeness (QED) is 0.422. The molecular formula is C22H25NS. The molecule has 0 bridgehead atoms. The summed E-state index contributed by atoms with van der Waals surface area (Å²) in [5.74, 6) is 2.12. The summed E-state index contributed by atoms with van der Waals surface area (Å²) in [5.41, 5.74) is 6.32. The second-order valence-electron chi connectivity index (χ2n) is 6.13. The zero-order chi connectivity index (χ0) is 17.2. The predicted octanol–water partition coefficient (Wildman–Crippen LogP) is 5.87. The summed E-state index contributed by atoms with van der Waals surface area (Å²) >= 11 is 1.95. The van der Waals surface area contributed by atoms with E-state index in [1.54, 1.807) is 0 Å². The Labute approximate surface area is 150 Å². The van der Waals surface area contributed by atoms with Crippen LogP contribution in [0.1, 0.15) is 35.1 Å². The number of rotatable bonds is 9. The molecule has 0 radical (unpaired) electrons. The van der Waals surface area contributed by atoms with E-state index in [1.165, 1.54) is 22.3 Å². The molecule has 0 aliphatic carbocycles. The molecule has 0 saturated heterocycles. The lowest BCUT2D eigenvalue weighted by Gasteiger charge is -2.10. The maximum atomic E-state index is 8.72. The molecule has 0 aromatic heterocycles. The normalized spacial score (nSPS) is 10.3. The van der Waals surface area contributed by atoms with Crippen LogP contribution in [-0.4, -0.2) is 5.75 Å². The van der Waals surface area contributed by atoms with Gasteiger partial charge in [-0.3, -0.25) is 0 Å². The molecule has 0 spiro atoms. The topological polar surface area (TPSA) is 23.8 Å². The molecule has 2 heteroatoms. The van der Waals surface area contributed by atoms with Crippen molar-refractivity contribution in [3.63, 3.8) is 0 Å². The molecule has 24 heavy (non-hydrogen) atoms. The zero-order valence-electron chi connectivity index (χ0n) is 14.4. The average molecular weight is 336 g/mol. The molecule has 0 unspecified atom stereocenters. The highest BCUT2D eigenvalue weighted by Crippen LogP contribution is 2.20. The first kappa shape index (κ1) is 18.4. The first-order valence-electron chi connectivity index (χ1n) is 8.47. The summed E-state index contributed by atoms with van der Waals surface area (Å²) in [6.45, 7) is 5.88. The molecule has 0 N–H and O–H groups in total. The van der Waals surface area contributed by atoms with Crippen LogP contribution < -0.4 is 0 Å². The van der Waals surface area contributed by atoms with E-state index in [9.17, 15) is 0 Å². The van der Waals surface area contributed by atoms with Crippen LogP contribution >= 0.6 is 11.8 Å². The fourth-order valence-electron chi connectivity index (χ4n) is 2.71. The molecule has 2 aromatic rings. The Morgan fingerprint density at radius 3 is 2.62 bits per heavy atom. The van der Waals surface area contributed by atoms with Crippen molar-refractivity contribution in [3.05, 3.63) is 82.9 Å². The number of nitrogens with zero attached hydrogens (tertiary/aromatic N) is 1. The van der Waals surface area contributed by atoms with Gasteiger partial charge >= 0.3 is 0 Å². The average Bonchev–Trinajstić information content (AvgIpc) is 2.60. The van der Waals surface area contributed by atoms with Gasteiger partial charge in [0, 0.05) is 11.3 Å². The highest BCUT2D eigenvalue weighted by Gasteiger charge is 2.03. The van der Waals surface area contributed by atoms with Crippen molar-refractivity contribution in [1.29, 1.82) is 5.26 Å². The van der Waals surface area contributed by atoms with Gasteiger partial charge in [0.2, 0.25) is 0 Å². The van der Waals surface area contributed by atoms with E-state index in [0.29, 0.717) is 5.57 Å². The summed E-state index contributed by atoms with van der Waals surface area (Å²) in [6.07, 6.45) is 4.03. The van der Waals surface area contributed by atoms with Gasteiger partial charge in [-0.1, -0.05) is 60.7 Å². The second kappa shape index (κ2) is 10.0. The Hall–Kier alpha value is -1.98. The van der Waals surface area contributed by atoms with Crippen molar-refractivity contribution in [1.82, 2.24) is 0 Å². The number of hydrogen-bond acceptors (Lipinski definition) is 2. The lowest BCUT2D eigenvalue weighted by molar-refractivity contribution is 0.937. The van der Waals surface area contributed by atoms with Crippen LogP contribution in [0.25, 0.3) is 0 Å². The SMILES string of the molecule is C=C(C#N)CCCSCc1ccccc1CCc1cccc(C)c1. The summed E-state index contributed by atoms with van der Waals surface area (Å²) < 4.78 is 0. The smallest absolute Gasteiger partial charge is 0.0940 e. The summed E-state index contributed by atoms with van der Waals surface area (Å²) in [6, 6.07) is 19.7. The minimum Gasteiger partial charge on any atom is -0.193 e. The van der Waals surface area contributed by atoms with Crippen molar-refractivity contribution >= 4 is 11.8 Å². The van der Waals surface area contributed by atoms with Crippen LogP contribution in [0.15, 0.2) is 60.7 Å². The third-order valence-corrected chi connectivity index (χ3v) is 5.16. The maximum Gasteiger partial charge on any atom is 0.0940 e. The minimum absolute atomic E-state index is 0.689. The van der Waals surface area contributed by atoms with Gasteiger partial charge < -0.3 is 0 Å². The van der Waals surface area contributed by atoms with Gasteiger partial charge in [0.15, 0.2) is 0 Å². The molecule has 1 nitrogen and oxygen atoms in total. The molecule has 0 fully saturated rings. The Morgan fingerprint density at radius 2 is 1.88 bits per heavy atom. The highest BCUT2D eigenvalue weighted by atomic mass is 32.2. The minimum atomic E-state index is 0.689. The number of nitriles is 1. The zero-order valence-corrected chi connectivity index (χ0v) is 15.2. The second-order valence-corrected chi connectivity index (χ2v) is 7.23. The van der Waals surface area contributed by atoms with E-state index < -0.39 is 0 Å².